The lowest BCUT2D eigenvalue weighted by Gasteiger charge is -2.36. The lowest BCUT2D eigenvalue weighted by Crippen LogP contribution is -2.60. The molecule has 0 N–H and O–H groups in total. The summed E-state index contributed by atoms with van der Waals surface area (Å²) in [6, 6.07) is 9.61. The van der Waals surface area contributed by atoms with Crippen LogP contribution in [0.5, 0.6) is 0 Å². The molecular formula is C19H25NO4. The van der Waals surface area contributed by atoms with Crippen molar-refractivity contribution >= 4 is 17.5 Å². The molecule has 24 heavy (non-hydrogen) atoms. The molecule has 1 heterocycles. The van der Waals surface area contributed by atoms with Gasteiger partial charge in [0.25, 0.3) is 0 Å². The fraction of sp³-hybridized carbons (Fsp3) is 0.474. The zero-order valence-electron chi connectivity index (χ0n) is 14.6. The van der Waals surface area contributed by atoms with Crippen molar-refractivity contribution in [2.45, 2.75) is 25.8 Å². The summed E-state index contributed by atoms with van der Waals surface area (Å²) >= 11 is 0. The molecule has 5 nitrogen and oxygen atoms in total. The van der Waals surface area contributed by atoms with Gasteiger partial charge in [-0.2, -0.15) is 0 Å². The number of hydrogen-bond acceptors (Lipinski definition) is 5. The van der Waals surface area contributed by atoms with Crippen LogP contribution >= 0.6 is 0 Å². The first-order valence-corrected chi connectivity index (χ1v) is 8.29. The quantitative estimate of drug-likeness (QED) is 0.592. The molecule has 1 fully saturated rings. The van der Waals surface area contributed by atoms with Gasteiger partial charge in [0, 0.05) is 12.5 Å². The van der Waals surface area contributed by atoms with Gasteiger partial charge in [-0.3, -0.25) is 4.90 Å². The summed E-state index contributed by atoms with van der Waals surface area (Å²) in [5.74, 6) is -1.51. The first-order valence-electron chi connectivity index (χ1n) is 8.29. The average Bonchev–Trinajstić information content (AvgIpc) is 2.93. The Morgan fingerprint density at radius 3 is 2.21 bits per heavy atom. The van der Waals surface area contributed by atoms with Crippen molar-refractivity contribution in [3.63, 3.8) is 0 Å². The maximum atomic E-state index is 12.8. The maximum absolute atomic E-state index is 12.8. The third kappa shape index (κ3) is 2.96. The fourth-order valence-electron chi connectivity index (χ4n) is 3.42. The van der Waals surface area contributed by atoms with Crippen LogP contribution in [-0.2, 0) is 19.1 Å². The van der Waals surface area contributed by atoms with Crippen LogP contribution in [0.4, 0.5) is 0 Å². The zero-order chi connectivity index (χ0) is 17.7. The number of carbonyl (C=O) groups is 2. The molecule has 130 valence electrons. The van der Waals surface area contributed by atoms with E-state index in [9.17, 15) is 9.59 Å². The van der Waals surface area contributed by atoms with Gasteiger partial charge in [0.05, 0.1) is 13.2 Å². The van der Waals surface area contributed by atoms with Gasteiger partial charge in [0.15, 0.2) is 0 Å². The lowest BCUT2D eigenvalue weighted by molar-refractivity contribution is -0.173. The molecule has 1 saturated heterocycles. The molecule has 1 aromatic rings. The fourth-order valence-corrected chi connectivity index (χ4v) is 3.42. The second-order valence-corrected chi connectivity index (χ2v) is 5.86. The molecule has 1 aliphatic heterocycles. The molecular weight excluding hydrogens is 306 g/mol. The molecule has 0 aromatic heterocycles. The van der Waals surface area contributed by atoms with Crippen molar-refractivity contribution < 1.29 is 19.1 Å². The van der Waals surface area contributed by atoms with E-state index in [1.54, 1.807) is 25.8 Å². The Labute approximate surface area is 143 Å². The van der Waals surface area contributed by atoms with E-state index in [4.69, 9.17) is 9.47 Å². The third-order valence-electron chi connectivity index (χ3n) is 4.60. The lowest BCUT2D eigenvalue weighted by atomic mass is 9.77. The summed E-state index contributed by atoms with van der Waals surface area (Å²) in [6.07, 6.45) is 0.641. The summed E-state index contributed by atoms with van der Waals surface area (Å²) in [5, 5.41) is 0. The summed E-state index contributed by atoms with van der Waals surface area (Å²) in [5.41, 5.74) is 0.190. The van der Waals surface area contributed by atoms with Crippen LogP contribution in [0.1, 0.15) is 25.8 Å². The van der Waals surface area contributed by atoms with Gasteiger partial charge in [-0.1, -0.05) is 36.9 Å². The van der Waals surface area contributed by atoms with E-state index < -0.39 is 17.5 Å². The van der Waals surface area contributed by atoms with Crippen molar-refractivity contribution in [1.29, 1.82) is 0 Å². The first-order chi connectivity index (χ1) is 11.5. The minimum Gasteiger partial charge on any atom is -0.464 e. The molecule has 0 radical (unpaired) electrons. The van der Waals surface area contributed by atoms with E-state index in [0.29, 0.717) is 13.0 Å². The number of likely N-dealkylation sites (tertiary alicyclic amines) is 1. The molecule has 0 bridgehead atoms. The molecule has 2 rings (SSSR count). The monoisotopic (exact) mass is 331 g/mol. The molecule has 0 amide bonds. The van der Waals surface area contributed by atoms with Crippen LogP contribution in [0.3, 0.4) is 0 Å². The third-order valence-corrected chi connectivity index (χ3v) is 4.60. The Morgan fingerprint density at radius 2 is 1.71 bits per heavy atom. The van der Waals surface area contributed by atoms with Gasteiger partial charge in [0.1, 0.15) is 0 Å². The summed E-state index contributed by atoms with van der Waals surface area (Å²) < 4.78 is 10.5. The molecule has 5 heteroatoms. The maximum Gasteiger partial charge on any atom is 0.338 e. The summed E-state index contributed by atoms with van der Waals surface area (Å²) in [7, 11) is 1.76. The van der Waals surface area contributed by atoms with E-state index in [1.165, 1.54) is 0 Å². The SMILES string of the molecule is C=C(c1ccccc1)C1CCN(C)C1(C(=O)OCC)C(=O)OCC. The van der Waals surface area contributed by atoms with Gasteiger partial charge < -0.3 is 9.47 Å². The van der Waals surface area contributed by atoms with Crippen molar-refractivity contribution in [2.75, 3.05) is 26.8 Å². The van der Waals surface area contributed by atoms with E-state index in [0.717, 1.165) is 11.1 Å². The van der Waals surface area contributed by atoms with Crippen LogP contribution in [0, 0.1) is 5.92 Å². The van der Waals surface area contributed by atoms with E-state index in [1.807, 2.05) is 30.3 Å². The van der Waals surface area contributed by atoms with Crippen molar-refractivity contribution in [2.24, 2.45) is 5.92 Å². The highest BCUT2D eigenvalue weighted by Gasteiger charge is 2.61. The number of rotatable bonds is 6. The molecule has 0 aliphatic carbocycles. The van der Waals surface area contributed by atoms with Gasteiger partial charge in [-0.05, 0) is 38.5 Å². The topological polar surface area (TPSA) is 55.8 Å². The minimum absolute atomic E-state index is 0.207. The zero-order valence-corrected chi connectivity index (χ0v) is 14.6. The highest BCUT2D eigenvalue weighted by atomic mass is 16.6. The molecule has 0 spiro atoms. The summed E-state index contributed by atoms with van der Waals surface area (Å²) in [6.45, 7) is 8.64. The predicted octanol–water partition coefficient (Wildman–Crippen LogP) is 2.52. The van der Waals surface area contributed by atoms with Crippen LogP contribution in [0.15, 0.2) is 36.9 Å². The molecule has 1 unspecified atom stereocenters. The van der Waals surface area contributed by atoms with Gasteiger partial charge in [0.2, 0.25) is 5.54 Å². The second kappa shape index (κ2) is 7.62. The number of nitrogens with zero attached hydrogens (tertiary/aromatic N) is 1. The molecule has 1 aliphatic rings. The number of hydrogen-bond donors (Lipinski definition) is 0. The Bertz CT molecular complexity index is 593. The minimum atomic E-state index is -1.47. The first kappa shape index (κ1) is 18.2. The molecule has 1 aromatic carbocycles. The van der Waals surface area contributed by atoms with Gasteiger partial charge in [-0.15, -0.1) is 0 Å². The van der Waals surface area contributed by atoms with Gasteiger partial charge >= 0.3 is 11.9 Å². The van der Waals surface area contributed by atoms with Gasteiger partial charge in [-0.25, -0.2) is 9.59 Å². The standard InChI is InChI=1S/C19H25NO4/c1-5-23-17(21)19(18(22)24-6-2)16(12-13-20(19)4)14(3)15-10-8-7-9-11-15/h7-11,16H,3,5-6,12-13H2,1-2,4H3. The van der Waals surface area contributed by atoms with E-state index in [2.05, 4.69) is 6.58 Å². The second-order valence-electron chi connectivity index (χ2n) is 5.86. The Morgan fingerprint density at radius 1 is 1.17 bits per heavy atom. The largest absolute Gasteiger partial charge is 0.464 e. The number of benzene rings is 1. The average molecular weight is 331 g/mol. The smallest absolute Gasteiger partial charge is 0.338 e. The Kier molecular flexibility index (Phi) is 5.78. The van der Waals surface area contributed by atoms with Crippen LogP contribution in [0.25, 0.3) is 5.57 Å². The molecule has 1 atom stereocenters. The summed E-state index contributed by atoms with van der Waals surface area (Å²) in [4.78, 5) is 27.4. The Hall–Kier alpha value is -2.14. The number of likely N-dealkylation sites (N-methyl/N-ethyl adjacent to an activating group) is 1. The highest BCUT2D eigenvalue weighted by molar-refractivity contribution is 6.07. The molecule has 0 saturated carbocycles. The van der Waals surface area contributed by atoms with Crippen LogP contribution < -0.4 is 0 Å². The Balaban J connectivity index is 2.49. The number of esters is 2. The van der Waals surface area contributed by atoms with E-state index >= 15 is 0 Å². The number of ether oxygens (including phenoxy) is 2. The highest BCUT2D eigenvalue weighted by Crippen LogP contribution is 2.43. The normalized spacial score (nSPS) is 19.7. The van der Waals surface area contributed by atoms with Crippen molar-refractivity contribution in [1.82, 2.24) is 4.90 Å². The van der Waals surface area contributed by atoms with Crippen LogP contribution in [0.2, 0.25) is 0 Å². The van der Waals surface area contributed by atoms with Crippen LogP contribution in [-0.4, -0.2) is 49.2 Å². The van der Waals surface area contributed by atoms with E-state index in [-0.39, 0.29) is 19.1 Å². The van der Waals surface area contributed by atoms with Crippen molar-refractivity contribution in [3.05, 3.63) is 42.5 Å². The number of carbonyl (C=O) groups excluding carboxylic acids is 2. The predicted molar refractivity (Wildman–Crippen MR) is 92.2 cm³/mol. The van der Waals surface area contributed by atoms with Crippen molar-refractivity contribution in [3.8, 4) is 0 Å².